The molecule has 1 saturated heterocycles. The van der Waals surface area contributed by atoms with Crippen molar-refractivity contribution in [2.24, 2.45) is 5.92 Å². The molecule has 0 spiro atoms. The molecule has 216 valence electrons. The van der Waals surface area contributed by atoms with Gasteiger partial charge in [0, 0.05) is 44.3 Å². The molecule has 1 aliphatic rings. The third-order valence-corrected chi connectivity index (χ3v) is 7.27. The van der Waals surface area contributed by atoms with E-state index in [9.17, 15) is 27.9 Å². The number of aromatic nitrogens is 2. The summed E-state index contributed by atoms with van der Waals surface area (Å²) in [5.74, 6) is -2.12. The number of alkyl halides is 3. The Labute approximate surface area is 230 Å². The zero-order chi connectivity index (χ0) is 28.7. The summed E-state index contributed by atoms with van der Waals surface area (Å²) in [5, 5.41) is 12.3. The number of halogens is 3. The zero-order valence-corrected chi connectivity index (χ0v) is 23.4. The van der Waals surface area contributed by atoms with Crippen LogP contribution >= 0.6 is 11.5 Å². The Hall–Kier alpha value is -2.93. The van der Waals surface area contributed by atoms with Crippen LogP contribution in [0.15, 0.2) is 18.2 Å². The third kappa shape index (κ3) is 8.53. The van der Waals surface area contributed by atoms with Crippen molar-refractivity contribution < 1.29 is 32.6 Å². The molecule has 1 aliphatic heterocycles. The summed E-state index contributed by atoms with van der Waals surface area (Å²) in [6.45, 7) is 8.24. The second-order valence-electron chi connectivity index (χ2n) is 10.2. The lowest BCUT2D eigenvalue weighted by atomic mass is 9.95. The average Bonchev–Trinajstić information content (AvgIpc) is 3.35. The number of likely N-dealkylation sites (tertiary alicyclic amines) is 1. The first kappa shape index (κ1) is 30.6. The Morgan fingerprint density at radius 3 is 2.51 bits per heavy atom. The fourth-order valence-corrected chi connectivity index (χ4v) is 5.31. The van der Waals surface area contributed by atoms with Gasteiger partial charge < -0.3 is 25.0 Å². The lowest BCUT2D eigenvalue weighted by Gasteiger charge is -2.41. The van der Waals surface area contributed by atoms with Gasteiger partial charge in [-0.15, -0.1) is 0 Å². The van der Waals surface area contributed by atoms with E-state index in [2.05, 4.69) is 33.4 Å². The highest BCUT2D eigenvalue weighted by Gasteiger charge is 2.36. The van der Waals surface area contributed by atoms with E-state index in [1.54, 1.807) is 20.1 Å². The van der Waals surface area contributed by atoms with Crippen molar-refractivity contribution in [1.82, 2.24) is 14.3 Å². The van der Waals surface area contributed by atoms with Gasteiger partial charge in [-0.2, -0.15) is 22.5 Å². The third-order valence-electron chi connectivity index (χ3n) is 6.64. The molecule has 0 radical (unpaired) electrons. The van der Waals surface area contributed by atoms with Crippen molar-refractivity contribution in [3.05, 3.63) is 29.6 Å². The molecule has 1 aromatic carbocycles. The van der Waals surface area contributed by atoms with Crippen LogP contribution in [0.25, 0.3) is 0 Å². The summed E-state index contributed by atoms with van der Waals surface area (Å²) in [6.07, 6.45) is -2.93. The van der Waals surface area contributed by atoms with Crippen molar-refractivity contribution in [2.75, 3.05) is 43.6 Å². The summed E-state index contributed by atoms with van der Waals surface area (Å²) in [7, 11) is 1.56. The number of methoxy groups -OCH3 is 1. The largest absolute Gasteiger partial charge is 0.481 e. The highest BCUT2D eigenvalue weighted by Crippen LogP contribution is 2.37. The Morgan fingerprint density at radius 2 is 1.95 bits per heavy atom. The van der Waals surface area contributed by atoms with Gasteiger partial charge in [-0.1, -0.05) is 26.8 Å². The van der Waals surface area contributed by atoms with Crippen molar-refractivity contribution in [2.45, 2.75) is 64.6 Å². The van der Waals surface area contributed by atoms with E-state index in [0.29, 0.717) is 49.9 Å². The molecule has 39 heavy (non-hydrogen) atoms. The van der Waals surface area contributed by atoms with Gasteiger partial charge >= 0.3 is 12.1 Å². The van der Waals surface area contributed by atoms with Crippen LogP contribution in [-0.2, 0) is 20.5 Å². The first-order valence-electron chi connectivity index (χ1n) is 13.0. The number of carbonyl (C=O) groups excluding carboxylic acids is 1. The molecular formula is C26H36F3N5O4S. The highest BCUT2D eigenvalue weighted by atomic mass is 32.1. The minimum Gasteiger partial charge on any atom is -0.481 e. The number of hydrogen-bond acceptors (Lipinski definition) is 8. The maximum absolute atomic E-state index is 13.1. The predicted molar refractivity (Wildman–Crippen MR) is 144 cm³/mol. The summed E-state index contributed by atoms with van der Waals surface area (Å²) < 4.78 is 47.9. The Bertz CT molecular complexity index is 1120. The maximum atomic E-state index is 13.1. The normalized spacial score (nSPS) is 15.4. The summed E-state index contributed by atoms with van der Waals surface area (Å²) in [5.41, 5.74) is 2.06. The van der Waals surface area contributed by atoms with Gasteiger partial charge in [-0.3, -0.25) is 9.59 Å². The van der Waals surface area contributed by atoms with Crippen LogP contribution in [0.3, 0.4) is 0 Å². The second-order valence-corrected chi connectivity index (χ2v) is 11.0. The smallest absolute Gasteiger partial charge is 0.452 e. The van der Waals surface area contributed by atoms with E-state index < -0.39 is 18.0 Å². The van der Waals surface area contributed by atoms with Gasteiger partial charge in [-0.25, -0.2) is 0 Å². The van der Waals surface area contributed by atoms with E-state index in [1.807, 2.05) is 17.0 Å². The number of rotatable bonds is 12. The average molecular weight is 572 g/mol. The number of carboxylic acid groups (broad SMARTS) is 1. The fraction of sp³-hybridized carbons (Fsp3) is 0.615. The fourth-order valence-electron chi connectivity index (χ4n) is 4.71. The van der Waals surface area contributed by atoms with Crippen LogP contribution < -0.4 is 10.2 Å². The number of anilines is 3. The maximum Gasteiger partial charge on any atom is 0.452 e. The highest BCUT2D eigenvalue weighted by molar-refractivity contribution is 7.09. The number of hydrogen-bond donors (Lipinski definition) is 2. The molecule has 1 atom stereocenters. The van der Waals surface area contributed by atoms with Crippen molar-refractivity contribution in [3.8, 4) is 0 Å². The molecule has 9 nitrogen and oxygen atoms in total. The molecule has 2 heterocycles. The molecular weight excluding hydrogens is 535 g/mol. The number of ether oxygens (including phenoxy) is 1. The zero-order valence-electron chi connectivity index (χ0n) is 22.6. The van der Waals surface area contributed by atoms with E-state index in [0.717, 1.165) is 24.1 Å². The van der Waals surface area contributed by atoms with E-state index >= 15 is 0 Å². The second kappa shape index (κ2) is 13.4. The monoisotopic (exact) mass is 571 g/mol. The van der Waals surface area contributed by atoms with Crippen LogP contribution in [0.4, 0.5) is 29.7 Å². The first-order chi connectivity index (χ1) is 18.4. The minimum atomic E-state index is -4.66. The SMILES string of the molecule is COCCC(=O)N1CCC(N(CC(C)C)c2ccc(C(C)CC(=O)O)cc2Nc2nc(C(F)(F)F)ns2)CC1. The quantitative estimate of drug-likeness (QED) is 0.350. The molecule has 1 aromatic heterocycles. The van der Waals surface area contributed by atoms with Gasteiger partial charge in [0.15, 0.2) is 0 Å². The van der Waals surface area contributed by atoms with Crippen LogP contribution in [-0.4, -0.2) is 70.6 Å². The number of carbonyl (C=O) groups is 2. The number of aliphatic carboxylic acids is 1. The summed E-state index contributed by atoms with van der Waals surface area (Å²) in [6, 6.07) is 5.64. The number of piperidine rings is 1. The van der Waals surface area contributed by atoms with Crippen LogP contribution in [0, 0.1) is 5.92 Å². The van der Waals surface area contributed by atoms with Gasteiger partial charge in [0.05, 0.1) is 30.8 Å². The van der Waals surface area contributed by atoms with Crippen molar-refractivity contribution >= 4 is 39.9 Å². The topological polar surface area (TPSA) is 108 Å². The summed E-state index contributed by atoms with van der Waals surface area (Å²) >= 11 is 0.617. The lowest BCUT2D eigenvalue weighted by Crippen LogP contribution is -2.48. The van der Waals surface area contributed by atoms with Gasteiger partial charge in [0.1, 0.15) is 0 Å². The minimum absolute atomic E-state index is 0.00494. The van der Waals surface area contributed by atoms with E-state index in [-0.39, 0.29) is 35.3 Å². The van der Waals surface area contributed by atoms with Crippen LogP contribution in [0.2, 0.25) is 0 Å². The molecule has 2 aromatic rings. The Balaban J connectivity index is 1.93. The van der Waals surface area contributed by atoms with Gasteiger partial charge in [-0.05, 0) is 42.4 Å². The number of amides is 1. The molecule has 0 aliphatic carbocycles. The van der Waals surface area contributed by atoms with Crippen molar-refractivity contribution in [1.29, 1.82) is 0 Å². The number of nitrogens with one attached hydrogen (secondary N) is 1. The number of benzene rings is 1. The molecule has 0 saturated carbocycles. The molecule has 1 amide bonds. The molecule has 0 bridgehead atoms. The molecule has 2 N–H and O–H groups in total. The van der Waals surface area contributed by atoms with Gasteiger partial charge in [0.25, 0.3) is 0 Å². The number of carboxylic acids is 1. The molecule has 1 fully saturated rings. The van der Waals surface area contributed by atoms with Crippen molar-refractivity contribution in [3.63, 3.8) is 0 Å². The molecule has 13 heteroatoms. The van der Waals surface area contributed by atoms with E-state index in [1.165, 1.54) is 0 Å². The lowest BCUT2D eigenvalue weighted by molar-refractivity contribution is -0.144. The number of nitrogens with zero attached hydrogens (tertiary/aromatic N) is 4. The standard InChI is InChI=1S/C26H36F3N5O4S/c1-16(2)15-34(19-7-10-33(11-8-19)22(35)9-12-38-4)21-6-5-18(17(3)13-23(36)37)14-20(21)30-25-31-24(32-39-25)26(27,28)29/h5-6,14,16-17,19H,7-13,15H2,1-4H3,(H,36,37)(H,30,31,32). The van der Waals surface area contributed by atoms with E-state index in [4.69, 9.17) is 4.74 Å². The first-order valence-corrected chi connectivity index (χ1v) is 13.7. The molecule has 1 unspecified atom stereocenters. The van der Waals surface area contributed by atoms with Gasteiger partial charge in [0.2, 0.25) is 16.9 Å². The van der Waals surface area contributed by atoms with Crippen LogP contribution in [0.1, 0.15) is 63.8 Å². The molecule has 3 rings (SSSR count). The Kier molecular flexibility index (Phi) is 10.5. The van der Waals surface area contributed by atoms with Crippen LogP contribution in [0.5, 0.6) is 0 Å². The Morgan fingerprint density at radius 1 is 1.26 bits per heavy atom. The predicted octanol–water partition coefficient (Wildman–Crippen LogP) is 5.37. The summed E-state index contributed by atoms with van der Waals surface area (Å²) in [4.78, 5) is 31.5.